The predicted octanol–water partition coefficient (Wildman–Crippen LogP) is 0.931. The van der Waals surface area contributed by atoms with Crippen molar-refractivity contribution in [2.75, 3.05) is 19.4 Å². The summed E-state index contributed by atoms with van der Waals surface area (Å²) in [4.78, 5) is 45.8. The third-order valence-corrected chi connectivity index (χ3v) is 5.28. The van der Waals surface area contributed by atoms with Gasteiger partial charge in [0.2, 0.25) is 5.91 Å². The fourth-order valence-electron chi connectivity index (χ4n) is 2.74. The van der Waals surface area contributed by atoms with E-state index in [0.717, 1.165) is 16.3 Å². The van der Waals surface area contributed by atoms with Gasteiger partial charge in [-0.1, -0.05) is 11.8 Å². The normalized spacial score (nSPS) is 10.9. The van der Waals surface area contributed by atoms with Crippen molar-refractivity contribution in [2.24, 2.45) is 14.1 Å². The monoisotopic (exact) mass is 415 g/mol. The van der Waals surface area contributed by atoms with Gasteiger partial charge in [0.1, 0.15) is 16.2 Å². The number of rotatable bonds is 6. The molecule has 2 aromatic heterocycles. The number of nitrogens with one attached hydrogen (secondary N) is 1. The van der Waals surface area contributed by atoms with Crippen molar-refractivity contribution in [2.45, 2.75) is 11.9 Å². The highest BCUT2D eigenvalue weighted by molar-refractivity contribution is 8.00. The zero-order chi connectivity index (χ0) is 21.1. The van der Waals surface area contributed by atoms with Crippen LogP contribution in [0.1, 0.15) is 6.92 Å². The summed E-state index contributed by atoms with van der Waals surface area (Å²) in [6.07, 6.45) is 0. The van der Waals surface area contributed by atoms with Crippen molar-refractivity contribution in [3.05, 3.63) is 45.1 Å². The largest absolute Gasteiger partial charge is 0.494 e. The summed E-state index contributed by atoms with van der Waals surface area (Å²) in [7, 11) is 4.49. The maximum absolute atomic E-state index is 12.7. The van der Waals surface area contributed by atoms with Crippen molar-refractivity contribution < 1.29 is 9.53 Å². The van der Waals surface area contributed by atoms with Crippen LogP contribution in [0.2, 0.25) is 0 Å². The Kier molecular flexibility index (Phi) is 6.02. The van der Waals surface area contributed by atoms with Crippen LogP contribution in [0.5, 0.6) is 5.75 Å². The van der Waals surface area contributed by atoms with Crippen LogP contribution in [0.15, 0.2) is 38.9 Å². The molecular formula is C19H21N5O4S. The van der Waals surface area contributed by atoms with E-state index < -0.39 is 11.2 Å². The van der Waals surface area contributed by atoms with Crippen molar-refractivity contribution >= 4 is 28.7 Å². The number of aryl methyl sites for hydroxylation is 1. The van der Waals surface area contributed by atoms with Gasteiger partial charge < -0.3 is 10.1 Å². The lowest BCUT2D eigenvalue weighted by molar-refractivity contribution is -0.118. The molecule has 0 saturated carbocycles. The fourth-order valence-corrected chi connectivity index (χ4v) is 3.62. The summed E-state index contributed by atoms with van der Waals surface area (Å²) in [6.45, 7) is 2.45. The Morgan fingerprint density at radius 1 is 1.14 bits per heavy atom. The van der Waals surface area contributed by atoms with E-state index >= 15 is 0 Å². The number of nitrogens with zero attached hydrogens (tertiary/aromatic N) is 4. The Balaban J connectivity index is 2.23. The number of carbonyl (C=O) groups is 1. The first-order valence-electron chi connectivity index (χ1n) is 8.91. The molecule has 9 nitrogen and oxygen atoms in total. The second-order valence-electron chi connectivity index (χ2n) is 6.18. The van der Waals surface area contributed by atoms with Crippen LogP contribution in [-0.4, -0.2) is 44.4 Å². The Morgan fingerprint density at radius 2 is 1.83 bits per heavy atom. The van der Waals surface area contributed by atoms with Gasteiger partial charge in [-0.25, -0.2) is 14.8 Å². The van der Waals surface area contributed by atoms with Gasteiger partial charge in [0.05, 0.1) is 12.4 Å². The van der Waals surface area contributed by atoms with Gasteiger partial charge in [-0.05, 0) is 31.2 Å². The van der Waals surface area contributed by atoms with E-state index in [4.69, 9.17) is 4.74 Å². The molecular weight excluding hydrogens is 394 g/mol. The molecule has 0 bridgehead atoms. The molecule has 3 aromatic rings. The standard InChI is InChI=1S/C19H21N5O4S/c1-5-28-12-8-6-11(7-9-12)15-21-16-14(17(22-15)29-10-13(25)20-2)18(26)24(4)19(27)23(16)3/h6-9H,5,10H2,1-4H3,(H,20,25). The summed E-state index contributed by atoms with van der Waals surface area (Å²) in [6, 6.07) is 7.20. The van der Waals surface area contributed by atoms with E-state index in [9.17, 15) is 14.4 Å². The summed E-state index contributed by atoms with van der Waals surface area (Å²) < 4.78 is 7.76. The lowest BCUT2D eigenvalue weighted by Gasteiger charge is -2.12. The van der Waals surface area contributed by atoms with Gasteiger partial charge in [-0.2, -0.15) is 0 Å². The minimum atomic E-state index is -0.499. The molecule has 1 N–H and O–H groups in total. The minimum Gasteiger partial charge on any atom is -0.494 e. The average molecular weight is 415 g/mol. The van der Waals surface area contributed by atoms with Crippen LogP contribution in [-0.2, 0) is 18.9 Å². The van der Waals surface area contributed by atoms with Gasteiger partial charge in [0.25, 0.3) is 5.56 Å². The van der Waals surface area contributed by atoms with Crippen LogP contribution in [0.4, 0.5) is 0 Å². The van der Waals surface area contributed by atoms with Crippen molar-refractivity contribution in [1.82, 2.24) is 24.4 Å². The van der Waals surface area contributed by atoms with Gasteiger partial charge >= 0.3 is 5.69 Å². The van der Waals surface area contributed by atoms with E-state index in [2.05, 4.69) is 15.3 Å². The van der Waals surface area contributed by atoms with Crippen molar-refractivity contribution in [1.29, 1.82) is 0 Å². The highest BCUT2D eigenvalue weighted by atomic mass is 32.2. The predicted molar refractivity (Wildman–Crippen MR) is 111 cm³/mol. The molecule has 0 radical (unpaired) electrons. The van der Waals surface area contributed by atoms with Crippen molar-refractivity contribution in [3.63, 3.8) is 0 Å². The summed E-state index contributed by atoms with van der Waals surface area (Å²) in [5.41, 5.74) is -0.0662. The number of amides is 1. The number of carbonyl (C=O) groups excluding carboxylic acids is 1. The molecule has 0 saturated heterocycles. The van der Waals surface area contributed by atoms with Gasteiger partial charge in [0.15, 0.2) is 11.5 Å². The lowest BCUT2D eigenvalue weighted by Crippen LogP contribution is -2.37. The Bertz CT molecular complexity index is 1180. The second-order valence-corrected chi connectivity index (χ2v) is 7.14. The third kappa shape index (κ3) is 4.02. The van der Waals surface area contributed by atoms with E-state index in [1.54, 1.807) is 31.3 Å². The first-order chi connectivity index (χ1) is 13.9. The Morgan fingerprint density at radius 3 is 2.45 bits per heavy atom. The fraction of sp³-hybridized carbons (Fsp3) is 0.316. The Labute approximate surface area is 170 Å². The number of benzene rings is 1. The maximum Gasteiger partial charge on any atom is 0.332 e. The zero-order valence-electron chi connectivity index (χ0n) is 16.6. The molecule has 152 valence electrons. The summed E-state index contributed by atoms with van der Waals surface area (Å²) in [5.74, 6) is 0.943. The molecule has 10 heteroatoms. The number of aromatic nitrogens is 4. The zero-order valence-corrected chi connectivity index (χ0v) is 17.4. The van der Waals surface area contributed by atoms with Gasteiger partial charge in [0, 0.05) is 26.7 Å². The van der Waals surface area contributed by atoms with Crippen LogP contribution >= 0.6 is 11.8 Å². The molecule has 3 rings (SSSR count). The third-order valence-electron chi connectivity index (χ3n) is 4.31. The quantitative estimate of drug-likeness (QED) is 0.471. The Hall–Kier alpha value is -3.14. The molecule has 1 amide bonds. The number of hydrogen-bond acceptors (Lipinski definition) is 7. The highest BCUT2D eigenvalue weighted by Crippen LogP contribution is 2.27. The average Bonchev–Trinajstić information content (AvgIpc) is 2.74. The first kappa shape index (κ1) is 20.6. The number of ether oxygens (including phenoxy) is 1. The first-order valence-corrected chi connectivity index (χ1v) is 9.90. The smallest absolute Gasteiger partial charge is 0.332 e. The highest BCUT2D eigenvalue weighted by Gasteiger charge is 2.19. The van der Waals surface area contributed by atoms with Crippen LogP contribution in [0.3, 0.4) is 0 Å². The van der Waals surface area contributed by atoms with Gasteiger partial charge in [-0.15, -0.1) is 0 Å². The molecule has 0 fully saturated rings. The second kappa shape index (κ2) is 8.48. The van der Waals surface area contributed by atoms with Gasteiger partial charge in [-0.3, -0.25) is 18.7 Å². The molecule has 0 aliphatic rings. The van der Waals surface area contributed by atoms with Crippen molar-refractivity contribution in [3.8, 4) is 17.1 Å². The molecule has 0 spiro atoms. The summed E-state index contributed by atoms with van der Waals surface area (Å²) >= 11 is 1.12. The van der Waals surface area contributed by atoms with E-state index in [0.29, 0.717) is 28.8 Å². The molecule has 0 unspecified atom stereocenters. The number of hydrogen-bond donors (Lipinski definition) is 1. The maximum atomic E-state index is 12.7. The molecule has 0 atom stereocenters. The van der Waals surface area contributed by atoms with E-state index in [1.165, 1.54) is 18.7 Å². The van der Waals surface area contributed by atoms with Crippen LogP contribution in [0, 0.1) is 0 Å². The number of fused-ring (bicyclic) bond motifs is 1. The molecule has 29 heavy (non-hydrogen) atoms. The van der Waals surface area contributed by atoms with E-state index in [1.807, 2.05) is 6.92 Å². The topological polar surface area (TPSA) is 108 Å². The summed E-state index contributed by atoms with van der Waals surface area (Å²) in [5, 5.41) is 3.09. The van der Waals surface area contributed by atoms with E-state index in [-0.39, 0.29) is 22.7 Å². The molecule has 0 aliphatic heterocycles. The minimum absolute atomic E-state index is 0.0807. The molecule has 1 aromatic carbocycles. The lowest BCUT2D eigenvalue weighted by atomic mass is 10.2. The molecule has 2 heterocycles. The molecule has 0 aliphatic carbocycles. The SMILES string of the molecule is CCOc1ccc(-c2nc(SCC(=O)NC)c3c(=O)n(C)c(=O)n(C)c3n2)cc1. The van der Waals surface area contributed by atoms with Crippen LogP contribution < -0.4 is 21.3 Å². The number of thioether (sulfide) groups is 1. The van der Waals surface area contributed by atoms with Crippen LogP contribution in [0.25, 0.3) is 22.4 Å².